The van der Waals surface area contributed by atoms with Gasteiger partial charge in [-0.2, -0.15) is 0 Å². The van der Waals surface area contributed by atoms with Crippen molar-refractivity contribution in [3.05, 3.63) is 64.0 Å². The molecule has 3 aromatic rings. The molecule has 1 aliphatic rings. The zero-order chi connectivity index (χ0) is 19.5. The number of hydrogen-bond donors (Lipinski definition) is 1. The maximum atomic E-state index is 12.7. The molecule has 0 fully saturated rings. The van der Waals surface area contributed by atoms with Crippen molar-refractivity contribution in [1.82, 2.24) is 24.8 Å². The van der Waals surface area contributed by atoms with Crippen LogP contribution in [0.4, 0.5) is 0 Å². The third-order valence-electron chi connectivity index (χ3n) is 4.84. The Morgan fingerprint density at radius 3 is 2.86 bits per heavy atom. The fourth-order valence-corrected chi connectivity index (χ4v) is 3.38. The predicted octanol–water partition coefficient (Wildman–Crippen LogP) is 1.80. The Bertz CT molecular complexity index is 1040. The van der Waals surface area contributed by atoms with E-state index in [1.807, 2.05) is 18.2 Å². The lowest BCUT2D eigenvalue weighted by atomic mass is 10.1. The smallest absolute Gasteiger partial charge is 0.255 e. The number of ether oxygens (including phenoxy) is 2. The van der Waals surface area contributed by atoms with Crippen LogP contribution in [0, 0.1) is 0 Å². The van der Waals surface area contributed by atoms with Gasteiger partial charge in [-0.25, -0.2) is 9.97 Å². The van der Waals surface area contributed by atoms with E-state index < -0.39 is 0 Å². The molecule has 1 aromatic carbocycles. The Morgan fingerprint density at radius 1 is 1.21 bits per heavy atom. The molecule has 0 radical (unpaired) electrons. The second kappa shape index (κ2) is 7.77. The molecule has 0 amide bonds. The van der Waals surface area contributed by atoms with Crippen LogP contribution in [0.2, 0.25) is 0 Å². The minimum Gasteiger partial charge on any atom is -0.497 e. The van der Waals surface area contributed by atoms with Gasteiger partial charge in [0, 0.05) is 50.1 Å². The number of aromatic nitrogens is 4. The maximum Gasteiger partial charge on any atom is 0.255 e. The molecule has 0 aliphatic carbocycles. The zero-order valence-electron chi connectivity index (χ0n) is 15.8. The topological polar surface area (TPSA) is 93.2 Å². The summed E-state index contributed by atoms with van der Waals surface area (Å²) >= 11 is 0. The summed E-state index contributed by atoms with van der Waals surface area (Å²) in [5, 5.41) is 0. The van der Waals surface area contributed by atoms with Crippen LogP contribution < -0.4 is 15.0 Å². The number of benzene rings is 1. The van der Waals surface area contributed by atoms with E-state index in [-0.39, 0.29) is 5.56 Å². The molecule has 0 atom stereocenters. The van der Waals surface area contributed by atoms with Crippen LogP contribution in [-0.2, 0) is 19.5 Å². The Labute approximate surface area is 162 Å². The summed E-state index contributed by atoms with van der Waals surface area (Å²) in [4.78, 5) is 30.6. The SMILES string of the molecule is COc1ccc(CN2CCc3nc(-c4cnccn4)[nH]c(=O)c3C2)c(OC)c1. The van der Waals surface area contributed by atoms with E-state index in [0.717, 1.165) is 29.3 Å². The van der Waals surface area contributed by atoms with Gasteiger partial charge in [-0.3, -0.25) is 14.7 Å². The highest BCUT2D eigenvalue weighted by Crippen LogP contribution is 2.27. The molecule has 3 heterocycles. The summed E-state index contributed by atoms with van der Waals surface area (Å²) < 4.78 is 10.7. The first-order chi connectivity index (χ1) is 13.7. The van der Waals surface area contributed by atoms with Gasteiger partial charge in [0.25, 0.3) is 5.56 Å². The van der Waals surface area contributed by atoms with Crippen molar-refractivity contribution >= 4 is 0 Å². The minimum atomic E-state index is -0.128. The number of aromatic amines is 1. The van der Waals surface area contributed by atoms with E-state index in [1.165, 1.54) is 0 Å². The molecule has 8 nitrogen and oxygen atoms in total. The summed E-state index contributed by atoms with van der Waals surface area (Å²) in [5.74, 6) is 1.99. The molecular formula is C20H21N5O3. The predicted molar refractivity (Wildman–Crippen MR) is 103 cm³/mol. The molecule has 0 bridgehead atoms. The van der Waals surface area contributed by atoms with Crippen LogP contribution in [-0.4, -0.2) is 45.6 Å². The average molecular weight is 379 g/mol. The van der Waals surface area contributed by atoms with Crippen molar-refractivity contribution in [2.24, 2.45) is 0 Å². The minimum absolute atomic E-state index is 0.128. The summed E-state index contributed by atoms with van der Waals surface area (Å²) in [6.07, 6.45) is 5.46. The lowest BCUT2D eigenvalue weighted by Crippen LogP contribution is -2.35. The van der Waals surface area contributed by atoms with Crippen molar-refractivity contribution < 1.29 is 9.47 Å². The molecule has 28 heavy (non-hydrogen) atoms. The van der Waals surface area contributed by atoms with Gasteiger partial charge in [0.2, 0.25) is 0 Å². The Kier molecular flexibility index (Phi) is 5.03. The van der Waals surface area contributed by atoms with Crippen LogP contribution in [0.15, 0.2) is 41.6 Å². The summed E-state index contributed by atoms with van der Waals surface area (Å²) in [6.45, 7) is 2.02. The number of nitrogens with one attached hydrogen (secondary N) is 1. The Hall–Kier alpha value is -3.26. The van der Waals surface area contributed by atoms with Crippen molar-refractivity contribution in [3.8, 4) is 23.0 Å². The van der Waals surface area contributed by atoms with Crippen molar-refractivity contribution in [1.29, 1.82) is 0 Å². The van der Waals surface area contributed by atoms with Crippen molar-refractivity contribution in [2.45, 2.75) is 19.5 Å². The summed E-state index contributed by atoms with van der Waals surface area (Å²) in [6, 6.07) is 5.78. The van der Waals surface area contributed by atoms with Gasteiger partial charge in [-0.15, -0.1) is 0 Å². The second-order valence-electron chi connectivity index (χ2n) is 6.57. The highest BCUT2D eigenvalue weighted by atomic mass is 16.5. The molecule has 1 aliphatic heterocycles. The first-order valence-corrected chi connectivity index (χ1v) is 8.99. The van der Waals surface area contributed by atoms with Crippen LogP contribution in [0.5, 0.6) is 11.5 Å². The molecule has 0 saturated carbocycles. The van der Waals surface area contributed by atoms with Gasteiger partial charge in [-0.05, 0) is 6.07 Å². The fourth-order valence-electron chi connectivity index (χ4n) is 3.38. The first kappa shape index (κ1) is 18.1. The molecule has 8 heteroatoms. The van der Waals surface area contributed by atoms with Crippen LogP contribution in [0.3, 0.4) is 0 Å². The maximum absolute atomic E-state index is 12.7. The largest absolute Gasteiger partial charge is 0.497 e. The molecule has 0 unspecified atom stereocenters. The first-order valence-electron chi connectivity index (χ1n) is 8.99. The normalized spacial score (nSPS) is 13.8. The highest BCUT2D eigenvalue weighted by molar-refractivity contribution is 5.47. The van der Waals surface area contributed by atoms with Gasteiger partial charge in [0.1, 0.15) is 17.2 Å². The third kappa shape index (κ3) is 3.59. The van der Waals surface area contributed by atoms with Gasteiger partial charge in [-0.1, -0.05) is 6.07 Å². The third-order valence-corrected chi connectivity index (χ3v) is 4.84. The molecule has 0 spiro atoms. The highest BCUT2D eigenvalue weighted by Gasteiger charge is 2.22. The van der Waals surface area contributed by atoms with E-state index in [4.69, 9.17) is 9.47 Å². The summed E-state index contributed by atoms with van der Waals surface area (Å²) in [7, 11) is 3.27. The standard InChI is InChI=1S/C20H21N5O3/c1-27-14-4-3-13(18(9-14)28-2)11-25-8-5-16-15(12-25)20(26)24-19(23-16)17-10-21-6-7-22-17/h3-4,6-7,9-10H,5,8,11-12H2,1-2H3,(H,23,24,26). The van der Waals surface area contributed by atoms with Gasteiger partial charge >= 0.3 is 0 Å². The summed E-state index contributed by atoms with van der Waals surface area (Å²) in [5.41, 5.74) is 3.01. The van der Waals surface area contributed by atoms with Gasteiger partial charge < -0.3 is 14.5 Å². The van der Waals surface area contributed by atoms with Crippen LogP contribution >= 0.6 is 0 Å². The number of hydrogen-bond acceptors (Lipinski definition) is 7. The van der Waals surface area contributed by atoms with E-state index in [9.17, 15) is 4.79 Å². The molecule has 4 rings (SSSR count). The molecule has 1 N–H and O–H groups in total. The number of nitrogens with zero attached hydrogens (tertiary/aromatic N) is 4. The monoisotopic (exact) mass is 379 g/mol. The molecule has 0 saturated heterocycles. The van der Waals surface area contributed by atoms with E-state index in [1.54, 1.807) is 32.8 Å². The number of rotatable bonds is 5. The number of H-pyrrole nitrogens is 1. The molecule has 2 aromatic heterocycles. The van der Waals surface area contributed by atoms with Crippen molar-refractivity contribution in [3.63, 3.8) is 0 Å². The van der Waals surface area contributed by atoms with Crippen LogP contribution in [0.25, 0.3) is 11.5 Å². The quantitative estimate of drug-likeness (QED) is 0.722. The number of methoxy groups -OCH3 is 2. The van der Waals surface area contributed by atoms with E-state index in [2.05, 4.69) is 24.8 Å². The van der Waals surface area contributed by atoms with E-state index >= 15 is 0 Å². The lowest BCUT2D eigenvalue weighted by molar-refractivity contribution is 0.238. The second-order valence-corrected chi connectivity index (χ2v) is 6.57. The lowest BCUT2D eigenvalue weighted by Gasteiger charge is -2.28. The van der Waals surface area contributed by atoms with Crippen LogP contribution in [0.1, 0.15) is 16.8 Å². The molecule has 144 valence electrons. The zero-order valence-corrected chi connectivity index (χ0v) is 15.8. The van der Waals surface area contributed by atoms with Gasteiger partial charge in [0.05, 0.1) is 31.7 Å². The van der Waals surface area contributed by atoms with E-state index in [0.29, 0.717) is 36.6 Å². The fraction of sp³-hybridized carbons (Fsp3) is 0.300. The van der Waals surface area contributed by atoms with Crippen molar-refractivity contribution in [2.75, 3.05) is 20.8 Å². The average Bonchev–Trinajstić information content (AvgIpc) is 2.75. The Morgan fingerprint density at radius 2 is 2.11 bits per heavy atom. The van der Waals surface area contributed by atoms with Gasteiger partial charge in [0.15, 0.2) is 5.82 Å². The Balaban J connectivity index is 1.57. The molecular weight excluding hydrogens is 358 g/mol. The number of fused-ring (bicyclic) bond motifs is 1.